The van der Waals surface area contributed by atoms with E-state index in [1.165, 1.54) is 31.2 Å². The van der Waals surface area contributed by atoms with E-state index in [0.717, 1.165) is 50.5 Å². The summed E-state index contributed by atoms with van der Waals surface area (Å²) in [4.78, 5) is 11.8. The Balaban J connectivity index is 0.00000261. The van der Waals surface area contributed by atoms with Gasteiger partial charge in [-0.3, -0.25) is 0 Å². The van der Waals surface area contributed by atoms with Gasteiger partial charge in [-0.25, -0.2) is 9.98 Å². The lowest BCUT2D eigenvalue weighted by Crippen LogP contribution is -2.44. The van der Waals surface area contributed by atoms with Gasteiger partial charge in [-0.15, -0.1) is 24.0 Å². The van der Waals surface area contributed by atoms with Crippen molar-refractivity contribution in [3.8, 4) is 0 Å². The first-order valence-corrected chi connectivity index (χ1v) is 10.1. The minimum Gasteiger partial charge on any atom is -0.378 e. The van der Waals surface area contributed by atoms with Gasteiger partial charge in [0.05, 0.1) is 19.8 Å². The van der Waals surface area contributed by atoms with Crippen molar-refractivity contribution in [3.63, 3.8) is 0 Å². The molecule has 0 spiro atoms. The van der Waals surface area contributed by atoms with Crippen molar-refractivity contribution >= 4 is 35.8 Å². The third-order valence-corrected chi connectivity index (χ3v) is 5.29. The summed E-state index contributed by atoms with van der Waals surface area (Å²) < 4.78 is 5.47. The second-order valence-electron chi connectivity index (χ2n) is 7.38. The molecule has 2 aliphatic rings. The van der Waals surface area contributed by atoms with E-state index in [-0.39, 0.29) is 24.0 Å². The molecule has 7 heteroatoms. The lowest BCUT2D eigenvalue weighted by molar-refractivity contribution is 0.122. The second-order valence-corrected chi connectivity index (χ2v) is 7.38. The number of aliphatic imine (C=N–C) groups is 1. The normalized spacial score (nSPS) is 23.5. The largest absolute Gasteiger partial charge is 0.378 e. The van der Waals surface area contributed by atoms with Gasteiger partial charge in [0, 0.05) is 37.4 Å². The van der Waals surface area contributed by atoms with Gasteiger partial charge >= 0.3 is 0 Å². The molecule has 1 aliphatic heterocycles. The second kappa shape index (κ2) is 11.7. The molecule has 0 unspecified atom stereocenters. The van der Waals surface area contributed by atoms with Crippen LogP contribution in [0.1, 0.15) is 45.1 Å². The molecule has 27 heavy (non-hydrogen) atoms. The summed E-state index contributed by atoms with van der Waals surface area (Å²) in [6.45, 7) is 9.30. The first kappa shape index (κ1) is 22.2. The van der Waals surface area contributed by atoms with Crippen LogP contribution in [-0.2, 0) is 11.3 Å². The average molecular weight is 487 g/mol. The molecule has 6 nitrogen and oxygen atoms in total. The predicted molar refractivity (Wildman–Crippen MR) is 122 cm³/mol. The first-order chi connectivity index (χ1) is 12.8. The first-order valence-electron chi connectivity index (χ1n) is 10.1. The average Bonchev–Trinajstić information content (AvgIpc) is 2.69. The van der Waals surface area contributed by atoms with Gasteiger partial charge in [0.2, 0.25) is 0 Å². The van der Waals surface area contributed by atoms with Crippen molar-refractivity contribution in [3.05, 3.63) is 23.9 Å². The summed E-state index contributed by atoms with van der Waals surface area (Å²) >= 11 is 0. The highest BCUT2D eigenvalue weighted by atomic mass is 127. The number of morpholine rings is 1. The van der Waals surface area contributed by atoms with Crippen molar-refractivity contribution in [2.45, 2.75) is 52.1 Å². The zero-order chi connectivity index (χ0) is 18.2. The summed E-state index contributed by atoms with van der Waals surface area (Å²) in [7, 11) is 0. The summed E-state index contributed by atoms with van der Waals surface area (Å²) in [5.74, 6) is 2.82. The quantitative estimate of drug-likeness (QED) is 0.380. The van der Waals surface area contributed by atoms with E-state index in [1.807, 2.05) is 12.3 Å². The van der Waals surface area contributed by atoms with Crippen LogP contribution >= 0.6 is 24.0 Å². The maximum absolute atomic E-state index is 5.47. The summed E-state index contributed by atoms with van der Waals surface area (Å²) in [6, 6.07) is 4.67. The Kier molecular flexibility index (Phi) is 9.61. The Morgan fingerprint density at radius 1 is 1.26 bits per heavy atom. The third-order valence-electron chi connectivity index (χ3n) is 5.29. The highest BCUT2D eigenvalue weighted by molar-refractivity contribution is 14.0. The van der Waals surface area contributed by atoms with E-state index >= 15 is 0 Å². The molecule has 0 radical (unpaired) electrons. The molecule has 3 rings (SSSR count). The van der Waals surface area contributed by atoms with E-state index in [9.17, 15) is 0 Å². The zero-order valence-corrected chi connectivity index (χ0v) is 18.9. The number of aromatic nitrogens is 1. The van der Waals surface area contributed by atoms with Crippen LogP contribution in [0.4, 0.5) is 5.82 Å². The van der Waals surface area contributed by atoms with Gasteiger partial charge < -0.3 is 20.3 Å². The van der Waals surface area contributed by atoms with Crippen LogP contribution in [0.3, 0.4) is 0 Å². The molecular weight excluding hydrogens is 453 g/mol. The van der Waals surface area contributed by atoms with Gasteiger partial charge in [0.1, 0.15) is 5.82 Å². The molecule has 2 heterocycles. The molecule has 0 amide bonds. The van der Waals surface area contributed by atoms with Crippen LogP contribution in [0, 0.1) is 5.92 Å². The van der Waals surface area contributed by atoms with Gasteiger partial charge in [-0.1, -0.05) is 13.0 Å². The van der Waals surface area contributed by atoms with E-state index in [1.54, 1.807) is 0 Å². The molecule has 0 bridgehead atoms. The Morgan fingerprint density at radius 3 is 2.70 bits per heavy atom. The highest BCUT2D eigenvalue weighted by Gasteiger charge is 2.19. The third kappa shape index (κ3) is 6.78. The number of ether oxygens (including phenoxy) is 1. The van der Waals surface area contributed by atoms with Crippen molar-refractivity contribution in [1.29, 1.82) is 0 Å². The number of pyridine rings is 1. The SMILES string of the molecule is CCNC(=NCc1cccnc1N1CCOCC1)NC1CCC(C)CC1.I. The lowest BCUT2D eigenvalue weighted by Gasteiger charge is -2.29. The summed E-state index contributed by atoms with van der Waals surface area (Å²) in [5, 5.41) is 7.03. The maximum atomic E-state index is 5.47. The van der Waals surface area contributed by atoms with Crippen molar-refractivity contribution in [2.75, 3.05) is 37.7 Å². The maximum Gasteiger partial charge on any atom is 0.191 e. The predicted octanol–water partition coefficient (Wildman–Crippen LogP) is 3.17. The topological polar surface area (TPSA) is 61.8 Å². The molecular formula is C20H34IN5O. The van der Waals surface area contributed by atoms with Gasteiger partial charge in [-0.2, -0.15) is 0 Å². The molecule has 1 saturated carbocycles. The number of guanidine groups is 1. The van der Waals surface area contributed by atoms with E-state index in [0.29, 0.717) is 12.6 Å². The fraction of sp³-hybridized carbons (Fsp3) is 0.700. The molecule has 2 N–H and O–H groups in total. The van der Waals surface area contributed by atoms with Crippen molar-refractivity contribution < 1.29 is 4.74 Å². The number of halogens is 1. The molecule has 0 aromatic carbocycles. The van der Waals surface area contributed by atoms with Crippen LogP contribution in [0.15, 0.2) is 23.3 Å². The minimum absolute atomic E-state index is 0. The Labute approximate surface area is 180 Å². The van der Waals surface area contributed by atoms with Crippen LogP contribution in [0.2, 0.25) is 0 Å². The molecule has 2 fully saturated rings. The highest BCUT2D eigenvalue weighted by Crippen LogP contribution is 2.23. The van der Waals surface area contributed by atoms with Gasteiger partial charge in [0.15, 0.2) is 5.96 Å². The van der Waals surface area contributed by atoms with Crippen LogP contribution in [0.25, 0.3) is 0 Å². The van der Waals surface area contributed by atoms with Crippen molar-refractivity contribution in [1.82, 2.24) is 15.6 Å². The van der Waals surface area contributed by atoms with Crippen LogP contribution in [-0.4, -0.2) is 49.8 Å². The number of hydrogen-bond acceptors (Lipinski definition) is 4. The minimum atomic E-state index is 0. The number of nitrogens with zero attached hydrogens (tertiary/aromatic N) is 3. The Morgan fingerprint density at radius 2 is 2.00 bits per heavy atom. The number of hydrogen-bond donors (Lipinski definition) is 2. The fourth-order valence-corrected chi connectivity index (χ4v) is 3.70. The zero-order valence-electron chi connectivity index (χ0n) is 16.6. The molecule has 1 aliphatic carbocycles. The van der Waals surface area contributed by atoms with E-state index in [4.69, 9.17) is 9.73 Å². The molecule has 1 aromatic heterocycles. The van der Waals surface area contributed by atoms with Crippen LogP contribution in [0.5, 0.6) is 0 Å². The standard InChI is InChI=1S/C20H33N5O.HI/c1-3-21-20(24-18-8-6-16(2)7-9-18)23-15-17-5-4-10-22-19(17)25-11-13-26-14-12-25;/h4-5,10,16,18H,3,6-9,11-15H2,1-2H3,(H2,21,23,24);1H. The Bertz CT molecular complexity index is 583. The van der Waals surface area contributed by atoms with Gasteiger partial charge in [0.25, 0.3) is 0 Å². The molecule has 152 valence electrons. The number of rotatable bonds is 5. The summed E-state index contributed by atoms with van der Waals surface area (Å²) in [6.07, 6.45) is 6.95. The fourth-order valence-electron chi connectivity index (χ4n) is 3.70. The number of nitrogens with one attached hydrogen (secondary N) is 2. The van der Waals surface area contributed by atoms with Gasteiger partial charge in [-0.05, 0) is 44.6 Å². The summed E-state index contributed by atoms with van der Waals surface area (Å²) in [5.41, 5.74) is 1.17. The smallest absolute Gasteiger partial charge is 0.191 e. The van der Waals surface area contributed by atoms with E-state index < -0.39 is 0 Å². The monoisotopic (exact) mass is 487 g/mol. The lowest BCUT2D eigenvalue weighted by atomic mass is 9.87. The van der Waals surface area contributed by atoms with Crippen LogP contribution < -0.4 is 15.5 Å². The molecule has 1 saturated heterocycles. The van der Waals surface area contributed by atoms with E-state index in [2.05, 4.69) is 40.4 Å². The molecule has 0 atom stereocenters. The molecule has 1 aromatic rings. The van der Waals surface area contributed by atoms with Crippen molar-refractivity contribution in [2.24, 2.45) is 10.9 Å². The Hall–Kier alpha value is -1.09. The number of anilines is 1.